The van der Waals surface area contributed by atoms with Crippen LogP contribution in [0, 0.1) is 0 Å². The Kier molecular flexibility index (Phi) is 7.96. The Balaban J connectivity index is 2.54. The Bertz CT molecular complexity index is 545. The lowest BCUT2D eigenvalue weighted by Crippen LogP contribution is -2.49. The number of primary amides is 1. The predicted molar refractivity (Wildman–Crippen MR) is 92.2 cm³/mol. The normalized spacial score (nSPS) is 20.8. The highest BCUT2D eigenvalue weighted by Gasteiger charge is 2.33. The van der Waals surface area contributed by atoms with Crippen molar-refractivity contribution in [3.63, 3.8) is 0 Å². The Morgan fingerprint density at radius 2 is 2.12 bits per heavy atom. The third-order valence-corrected chi connectivity index (χ3v) is 3.58. The van der Waals surface area contributed by atoms with Gasteiger partial charge in [0.25, 0.3) is 0 Å². The highest BCUT2D eigenvalue weighted by atomic mass is 16.2. The van der Waals surface area contributed by atoms with E-state index in [9.17, 15) is 14.4 Å². The van der Waals surface area contributed by atoms with Crippen LogP contribution in [-0.2, 0) is 9.59 Å². The number of nitrogens with zero attached hydrogens (tertiary/aromatic N) is 3. The van der Waals surface area contributed by atoms with Crippen LogP contribution in [0.5, 0.6) is 0 Å². The molecule has 25 heavy (non-hydrogen) atoms. The molecule has 12 nitrogen and oxygen atoms in total. The van der Waals surface area contributed by atoms with Crippen LogP contribution in [-0.4, -0.2) is 67.3 Å². The van der Waals surface area contributed by atoms with E-state index in [1.54, 1.807) is 7.05 Å². The average molecular weight is 355 g/mol. The molecule has 0 unspecified atom stereocenters. The summed E-state index contributed by atoms with van der Waals surface area (Å²) in [5, 5.41) is 8.67. The monoisotopic (exact) mass is 355 g/mol. The molecule has 0 aliphatic carbocycles. The maximum Gasteiger partial charge on any atom is 0.317 e. The van der Waals surface area contributed by atoms with Crippen LogP contribution in [0.2, 0.25) is 0 Å². The van der Waals surface area contributed by atoms with Crippen molar-refractivity contribution >= 4 is 30.1 Å². The number of guanidine groups is 1. The third-order valence-electron chi connectivity index (χ3n) is 3.58. The van der Waals surface area contributed by atoms with Gasteiger partial charge in [-0.15, -0.1) is 0 Å². The summed E-state index contributed by atoms with van der Waals surface area (Å²) < 4.78 is 0. The van der Waals surface area contributed by atoms with Crippen molar-refractivity contribution in [2.45, 2.75) is 31.3 Å². The van der Waals surface area contributed by atoms with Gasteiger partial charge in [-0.05, 0) is 12.8 Å². The molecular formula is C13H25N9O3. The minimum Gasteiger partial charge on any atom is -0.370 e. The van der Waals surface area contributed by atoms with Crippen molar-refractivity contribution in [1.29, 1.82) is 0 Å². The van der Waals surface area contributed by atoms with Crippen LogP contribution >= 0.6 is 0 Å². The molecule has 1 fully saturated rings. The molecular weight excluding hydrogens is 330 g/mol. The van der Waals surface area contributed by atoms with E-state index in [4.69, 9.17) is 17.2 Å². The van der Waals surface area contributed by atoms with Crippen LogP contribution in [0.4, 0.5) is 4.79 Å². The van der Waals surface area contributed by atoms with Crippen molar-refractivity contribution < 1.29 is 14.4 Å². The molecule has 0 spiro atoms. The molecule has 12 heteroatoms. The molecule has 140 valence electrons. The number of nitrogens with one attached hydrogen (secondary N) is 3. The standard InChI is InChI=1S/C13H25N9O3/c1-22-9(6-19-20-7-18-13(16)25)11(24)21-8(5-10(22)23)3-2-4-17-12(14)15/h7-9,19H,2-6H2,1H3,(H,21,24)(H4,14,15,17)(H3,16,18,20,25)/t8-,9-/m0/s1. The summed E-state index contributed by atoms with van der Waals surface area (Å²) in [7, 11) is 1.56. The Hall–Kier alpha value is -3.05. The number of carbonyl (C=O) groups excluding carboxylic acids is 3. The number of likely N-dealkylation sites (N-methyl/N-ethyl adjacent to an activating group) is 1. The summed E-state index contributed by atoms with van der Waals surface area (Å²) in [6.45, 7) is 0.525. The minimum absolute atomic E-state index is 0.0123. The third kappa shape index (κ3) is 7.37. The highest BCUT2D eigenvalue weighted by molar-refractivity contribution is 5.90. The van der Waals surface area contributed by atoms with E-state index in [2.05, 4.69) is 26.2 Å². The smallest absolute Gasteiger partial charge is 0.317 e. The molecule has 1 saturated heterocycles. The fourth-order valence-corrected chi connectivity index (χ4v) is 2.28. The molecule has 2 atom stereocenters. The quantitative estimate of drug-likeness (QED) is 0.116. The molecule has 0 aromatic rings. The molecule has 4 amide bonds. The molecule has 1 heterocycles. The van der Waals surface area contributed by atoms with Crippen molar-refractivity contribution in [2.24, 2.45) is 27.3 Å². The van der Waals surface area contributed by atoms with E-state index in [-0.39, 0.29) is 36.8 Å². The van der Waals surface area contributed by atoms with Crippen molar-refractivity contribution in [3.05, 3.63) is 0 Å². The van der Waals surface area contributed by atoms with E-state index in [1.807, 2.05) is 0 Å². The van der Waals surface area contributed by atoms with Crippen LogP contribution in [0.1, 0.15) is 19.3 Å². The van der Waals surface area contributed by atoms with Crippen LogP contribution in [0.3, 0.4) is 0 Å². The number of nitrogens with two attached hydrogens (primary N) is 3. The first-order chi connectivity index (χ1) is 11.8. The number of urea groups is 1. The van der Waals surface area contributed by atoms with Gasteiger partial charge in [-0.2, -0.15) is 5.10 Å². The van der Waals surface area contributed by atoms with E-state index in [0.717, 1.165) is 6.34 Å². The van der Waals surface area contributed by atoms with E-state index in [1.165, 1.54) is 4.90 Å². The molecule has 0 saturated carbocycles. The molecule has 9 N–H and O–H groups in total. The van der Waals surface area contributed by atoms with Crippen molar-refractivity contribution in [1.82, 2.24) is 21.0 Å². The largest absolute Gasteiger partial charge is 0.370 e. The average Bonchev–Trinajstić information content (AvgIpc) is 2.62. The van der Waals surface area contributed by atoms with Gasteiger partial charge in [0.1, 0.15) is 12.4 Å². The number of hydrogen-bond acceptors (Lipinski definition) is 6. The van der Waals surface area contributed by atoms with Gasteiger partial charge >= 0.3 is 6.03 Å². The van der Waals surface area contributed by atoms with Gasteiger partial charge in [0.05, 0.1) is 6.54 Å². The Morgan fingerprint density at radius 1 is 1.40 bits per heavy atom. The summed E-state index contributed by atoms with van der Waals surface area (Å²) in [6.07, 6.45) is 2.49. The zero-order valence-electron chi connectivity index (χ0n) is 14.1. The Labute approximate surface area is 145 Å². The van der Waals surface area contributed by atoms with E-state index < -0.39 is 12.1 Å². The van der Waals surface area contributed by atoms with Crippen LogP contribution in [0.15, 0.2) is 10.1 Å². The minimum atomic E-state index is -0.756. The zero-order chi connectivity index (χ0) is 18.8. The molecule has 0 bridgehead atoms. The molecule has 1 aliphatic rings. The maximum atomic E-state index is 12.3. The van der Waals surface area contributed by atoms with Gasteiger partial charge in [-0.25, -0.2) is 4.79 Å². The van der Waals surface area contributed by atoms with Gasteiger partial charge < -0.3 is 32.8 Å². The fraction of sp³-hybridized carbons (Fsp3) is 0.615. The number of rotatable bonds is 8. The lowest BCUT2D eigenvalue weighted by Gasteiger charge is -2.23. The first-order valence-corrected chi connectivity index (χ1v) is 7.73. The number of aliphatic imine (C=N–C) groups is 1. The number of amides is 4. The van der Waals surface area contributed by atoms with Gasteiger partial charge in [0, 0.05) is 26.1 Å². The summed E-state index contributed by atoms with van der Waals surface area (Å²) in [5.41, 5.74) is 18.0. The second kappa shape index (κ2) is 9.95. The summed E-state index contributed by atoms with van der Waals surface area (Å²) in [6, 6.07) is -1.75. The first kappa shape index (κ1) is 20.0. The second-order valence-electron chi connectivity index (χ2n) is 5.51. The number of hydrogen-bond donors (Lipinski definition) is 6. The van der Waals surface area contributed by atoms with Gasteiger partial charge in [0.15, 0.2) is 5.96 Å². The van der Waals surface area contributed by atoms with Gasteiger partial charge in [-0.1, -0.05) is 0 Å². The molecule has 0 aromatic carbocycles. The lowest BCUT2D eigenvalue weighted by atomic mass is 10.1. The Morgan fingerprint density at radius 3 is 2.76 bits per heavy atom. The van der Waals surface area contributed by atoms with Gasteiger partial charge in [0.2, 0.25) is 11.8 Å². The summed E-state index contributed by atoms with van der Waals surface area (Å²) >= 11 is 0. The first-order valence-electron chi connectivity index (χ1n) is 7.73. The fourth-order valence-electron chi connectivity index (χ4n) is 2.28. The molecule has 0 aromatic heterocycles. The van der Waals surface area contributed by atoms with Crippen molar-refractivity contribution in [3.8, 4) is 0 Å². The molecule has 0 radical (unpaired) electrons. The predicted octanol–water partition coefficient (Wildman–Crippen LogP) is -3.04. The zero-order valence-corrected chi connectivity index (χ0v) is 14.1. The van der Waals surface area contributed by atoms with Crippen molar-refractivity contribution in [2.75, 3.05) is 20.1 Å². The molecule has 1 rings (SSSR count). The van der Waals surface area contributed by atoms with Crippen LogP contribution in [0.25, 0.3) is 0 Å². The maximum absolute atomic E-state index is 12.3. The number of carbonyl (C=O) groups is 3. The number of hydrazone groups is 1. The lowest BCUT2D eigenvalue weighted by molar-refractivity contribution is -0.136. The topological polar surface area (TPSA) is 193 Å². The van der Waals surface area contributed by atoms with E-state index >= 15 is 0 Å². The highest BCUT2D eigenvalue weighted by Crippen LogP contribution is 2.12. The SMILES string of the molecule is CN1C(=O)C[C@H](CCCN=C(N)N)NC(=O)[C@@H]1CN/N=C/NC(N)=O. The van der Waals surface area contributed by atoms with Crippen LogP contribution < -0.4 is 33.3 Å². The summed E-state index contributed by atoms with van der Waals surface area (Å²) in [5.74, 6) is -0.430. The van der Waals surface area contributed by atoms with E-state index in [0.29, 0.717) is 19.4 Å². The molecule has 1 aliphatic heterocycles. The summed E-state index contributed by atoms with van der Waals surface area (Å²) in [4.78, 5) is 40.3. The second-order valence-corrected chi connectivity index (χ2v) is 5.51. The van der Waals surface area contributed by atoms with Gasteiger partial charge in [-0.3, -0.25) is 19.9 Å².